The minimum atomic E-state index is -0.568. The van der Waals surface area contributed by atoms with E-state index in [1.807, 2.05) is 13.8 Å². The highest BCUT2D eigenvalue weighted by Crippen LogP contribution is 2.56. The number of hydrogen-bond donors (Lipinski definition) is 1. The highest BCUT2D eigenvalue weighted by atomic mass is 16.5. The number of ether oxygens (including phenoxy) is 1. The highest BCUT2D eigenvalue weighted by Gasteiger charge is 2.58. The van der Waals surface area contributed by atoms with Gasteiger partial charge < -0.3 is 10.1 Å². The minimum absolute atomic E-state index is 0.0218. The maximum Gasteiger partial charge on any atom is 0.312 e. The number of carbonyl (C=O) groups excluding carboxylic acids is 2. The first-order chi connectivity index (χ1) is 12.0. The quantitative estimate of drug-likeness (QED) is 0.760. The van der Waals surface area contributed by atoms with Crippen molar-refractivity contribution >= 4 is 11.9 Å². The van der Waals surface area contributed by atoms with Gasteiger partial charge in [-0.15, -0.1) is 0 Å². The zero-order valence-corrected chi connectivity index (χ0v) is 17.5. The lowest BCUT2D eigenvalue weighted by atomic mass is 9.52. The molecule has 1 heterocycles. The van der Waals surface area contributed by atoms with Gasteiger partial charge >= 0.3 is 5.97 Å². The van der Waals surface area contributed by atoms with Gasteiger partial charge in [0.25, 0.3) is 0 Å². The van der Waals surface area contributed by atoms with E-state index in [1.54, 1.807) is 0 Å². The second-order valence-corrected chi connectivity index (χ2v) is 10.9. The molecule has 3 fully saturated rings. The van der Waals surface area contributed by atoms with Crippen LogP contribution in [-0.2, 0) is 14.3 Å². The number of fused-ring (bicyclic) bond motifs is 2. The van der Waals surface area contributed by atoms with Gasteiger partial charge in [0.15, 0.2) is 0 Å². The van der Waals surface area contributed by atoms with Gasteiger partial charge in [0.2, 0.25) is 5.91 Å². The van der Waals surface area contributed by atoms with Crippen LogP contribution in [0.25, 0.3) is 0 Å². The fourth-order valence-corrected chi connectivity index (χ4v) is 6.40. The number of rotatable bonds is 3. The zero-order valence-electron chi connectivity index (χ0n) is 17.5. The van der Waals surface area contributed by atoms with Crippen LogP contribution in [0, 0.1) is 34.0 Å². The average molecular weight is 364 g/mol. The van der Waals surface area contributed by atoms with Crippen LogP contribution in [0.2, 0.25) is 0 Å². The topological polar surface area (TPSA) is 55.4 Å². The summed E-state index contributed by atoms with van der Waals surface area (Å²) in [4.78, 5) is 25.8. The maximum atomic E-state index is 13.3. The van der Waals surface area contributed by atoms with Crippen molar-refractivity contribution in [3.05, 3.63) is 0 Å². The summed E-state index contributed by atoms with van der Waals surface area (Å²) in [5.74, 6) is 1.62. The fraction of sp³-hybridized carbons (Fsp3) is 0.909. The predicted octanol–water partition coefficient (Wildman–Crippen LogP) is 4.32. The van der Waals surface area contributed by atoms with Crippen LogP contribution in [-0.4, -0.2) is 24.5 Å². The van der Waals surface area contributed by atoms with Gasteiger partial charge in [-0.3, -0.25) is 9.59 Å². The molecular weight excluding hydrogens is 326 g/mol. The molecule has 2 bridgehead atoms. The molecule has 2 aliphatic carbocycles. The van der Waals surface area contributed by atoms with Crippen molar-refractivity contribution in [1.29, 1.82) is 0 Å². The Morgan fingerprint density at radius 3 is 2.50 bits per heavy atom. The van der Waals surface area contributed by atoms with Crippen molar-refractivity contribution in [3.63, 3.8) is 0 Å². The molecule has 1 aliphatic heterocycles. The van der Waals surface area contributed by atoms with E-state index in [0.29, 0.717) is 30.7 Å². The lowest BCUT2D eigenvalue weighted by Gasteiger charge is -2.54. The van der Waals surface area contributed by atoms with Gasteiger partial charge in [-0.1, -0.05) is 41.0 Å². The van der Waals surface area contributed by atoms with Crippen molar-refractivity contribution in [2.75, 3.05) is 6.54 Å². The van der Waals surface area contributed by atoms with E-state index < -0.39 is 10.8 Å². The lowest BCUT2D eigenvalue weighted by molar-refractivity contribution is -0.180. The lowest BCUT2D eigenvalue weighted by Crippen LogP contribution is -2.60. The molecular formula is C22H37NO3. The molecule has 0 radical (unpaired) electrons. The summed E-state index contributed by atoms with van der Waals surface area (Å²) < 4.78 is 6.20. The van der Waals surface area contributed by atoms with Crippen molar-refractivity contribution in [2.45, 2.75) is 86.2 Å². The van der Waals surface area contributed by atoms with E-state index >= 15 is 0 Å². The summed E-state index contributed by atoms with van der Waals surface area (Å²) >= 11 is 0. The van der Waals surface area contributed by atoms with Crippen molar-refractivity contribution in [3.8, 4) is 0 Å². The molecule has 1 amide bonds. The normalized spacial score (nSPS) is 46.0. The average Bonchev–Trinajstić information content (AvgIpc) is 2.50. The molecule has 4 nitrogen and oxygen atoms in total. The van der Waals surface area contributed by atoms with E-state index in [0.717, 1.165) is 25.7 Å². The summed E-state index contributed by atoms with van der Waals surface area (Å²) in [5.41, 5.74) is -1.05. The Labute approximate surface area is 158 Å². The third-order valence-corrected chi connectivity index (χ3v) is 7.35. The van der Waals surface area contributed by atoms with E-state index in [2.05, 4.69) is 33.0 Å². The van der Waals surface area contributed by atoms with Gasteiger partial charge in [0.1, 0.15) is 6.10 Å². The van der Waals surface area contributed by atoms with Crippen LogP contribution >= 0.6 is 0 Å². The van der Waals surface area contributed by atoms with Crippen LogP contribution in [0.4, 0.5) is 0 Å². The molecule has 1 N–H and O–H groups in total. The van der Waals surface area contributed by atoms with E-state index in [9.17, 15) is 9.59 Å². The van der Waals surface area contributed by atoms with Crippen molar-refractivity contribution in [2.24, 2.45) is 34.0 Å². The second-order valence-electron chi connectivity index (χ2n) is 10.9. The maximum absolute atomic E-state index is 13.3. The molecule has 0 unspecified atom stereocenters. The van der Waals surface area contributed by atoms with E-state index in [-0.39, 0.29) is 23.4 Å². The Morgan fingerprint density at radius 2 is 1.85 bits per heavy atom. The standard InChI is InChI=1S/C22H37NO3/c1-14(2)16-8-7-15(3)9-17(16)26-19(25)22(6)11-20(4)10-21(5,12-22)18(24)23-13-20/h14-17H,7-13H2,1-6H3,(H,23,24)/t15-,16+,17-,20-,21+,22-/m1/s1. The first-order valence-electron chi connectivity index (χ1n) is 10.5. The molecule has 148 valence electrons. The molecule has 6 atom stereocenters. The first-order valence-corrected chi connectivity index (χ1v) is 10.5. The molecule has 0 aromatic heterocycles. The summed E-state index contributed by atoms with van der Waals surface area (Å²) in [6.07, 6.45) is 5.62. The zero-order chi connectivity index (χ0) is 19.3. The smallest absolute Gasteiger partial charge is 0.312 e. The van der Waals surface area contributed by atoms with Crippen LogP contribution in [0.1, 0.15) is 80.1 Å². The van der Waals surface area contributed by atoms with Gasteiger partial charge in [-0.05, 0) is 62.2 Å². The van der Waals surface area contributed by atoms with Crippen LogP contribution in [0.15, 0.2) is 0 Å². The molecule has 0 aromatic carbocycles. The number of esters is 1. The summed E-state index contributed by atoms with van der Waals surface area (Å²) in [7, 11) is 0. The Bertz CT molecular complexity index is 588. The van der Waals surface area contributed by atoms with Crippen LogP contribution < -0.4 is 5.32 Å². The number of nitrogens with one attached hydrogen (secondary N) is 1. The second kappa shape index (κ2) is 6.53. The Kier molecular flexibility index (Phi) is 4.94. The van der Waals surface area contributed by atoms with Crippen LogP contribution in [0.3, 0.4) is 0 Å². The first kappa shape index (κ1) is 19.7. The third-order valence-electron chi connectivity index (χ3n) is 7.35. The molecule has 26 heavy (non-hydrogen) atoms. The Hall–Kier alpha value is -1.06. The van der Waals surface area contributed by atoms with Crippen molar-refractivity contribution in [1.82, 2.24) is 5.32 Å². The van der Waals surface area contributed by atoms with Crippen molar-refractivity contribution < 1.29 is 14.3 Å². The number of carbonyl (C=O) groups is 2. The van der Waals surface area contributed by atoms with E-state index in [4.69, 9.17) is 4.74 Å². The van der Waals surface area contributed by atoms with Gasteiger partial charge in [0.05, 0.1) is 5.41 Å². The largest absolute Gasteiger partial charge is 0.462 e. The Morgan fingerprint density at radius 1 is 1.15 bits per heavy atom. The van der Waals surface area contributed by atoms with Crippen LogP contribution in [0.5, 0.6) is 0 Å². The predicted molar refractivity (Wildman–Crippen MR) is 102 cm³/mol. The molecule has 3 rings (SSSR count). The molecule has 3 aliphatic rings. The Balaban J connectivity index is 1.79. The summed E-state index contributed by atoms with van der Waals surface area (Å²) in [6, 6.07) is 0. The number of hydrogen-bond acceptors (Lipinski definition) is 3. The molecule has 0 spiro atoms. The monoisotopic (exact) mass is 363 g/mol. The van der Waals surface area contributed by atoms with Gasteiger partial charge in [-0.2, -0.15) is 0 Å². The van der Waals surface area contributed by atoms with Gasteiger partial charge in [0, 0.05) is 12.0 Å². The number of amides is 1. The molecule has 2 saturated carbocycles. The fourth-order valence-electron chi connectivity index (χ4n) is 6.40. The molecule has 0 aromatic rings. The van der Waals surface area contributed by atoms with E-state index in [1.165, 1.54) is 6.42 Å². The third kappa shape index (κ3) is 3.53. The highest BCUT2D eigenvalue weighted by molar-refractivity contribution is 5.86. The summed E-state index contributed by atoms with van der Waals surface area (Å²) in [6.45, 7) is 13.6. The molecule has 4 heteroatoms. The SMILES string of the molecule is CC(C)[C@@H]1CC[C@@H](C)C[C@H]1OC(=O)[C@]1(C)C[C@]2(C)CNC(=O)[C@@](C)(C2)C1. The van der Waals surface area contributed by atoms with Gasteiger partial charge in [-0.25, -0.2) is 0 Å². The molecule has 1 saturated heterocycles. The summed E-state index contributed by atoms with van der Waals surface area (Å²) in [5, 5.41) is 3.06. The minimum Gasteiger partial charge on any atom is -0.462 e. The number of piperidine rings is 1.